The van der Waals surface area contributed by atoms with E-state index in [9.17, 15) is 9.59 Å². The van der Waals surface area contributed by atoms with Crippen LogP contribution in [0.1, 0.15) is 39.0 Å². The van der Waals surface area contributed by atoms with Crippen molar-refractivity contribution in [3.63, 3.8) is 0 Å². The number of nitrogens with zero attached hydrogens (tertiary/aromatic N) is 1. The van der Waals surface area contributed by atoms with Gasteiger partial charge in [-0.2, -0.15) is 0 Å². The van der Waals surface area contributed by atoms with E-state index in [2.05, 4.69) is 5.32 Å². The molecule has 2 aliphatic heterocycles. The molecule has 168 valence electrons. The Morgan fingerprint density at radius 2 is 1.76 bits per heavy atom. The van der Waals surface area contributed by atoms with Gasteiger partial charge in [0, 0.05) is 22.8 Å². The molecule has 3 aromatic rings. The van der Waals surface area contributed by atoms with Crippen LogP contribution in [0.4, 0.5) is 5.69 Å². The summed E-state index contributed by atoms with van der Waals surface area (Å²) in [4.78, 5) is 29.0. The highest BCUT2D eigenvalue weighted by Gasteiger charge is 2.46. The van der Waals surface area contributed by atoms with Gasteiger partial charge in [-0.05, 0) is 59.5 Å². The topological polar surface area (TPSA) is 67.9 Å². The fourth-order valence-corrected chi connectivity index (χ4v) is 5.11. The summed E-state index contributed by atoms with van der Waals surface area (Å²) in [5, 5.41) is 3.54. The van der Waals surface area contributed by atoms with Gasteiger partial charge < -0.3 is 19.7 Å². The summed E-state index contributed by atoms with van der Waals surface area (Å²) >= 11 is 6.12. The van der Waals surface area contributed by atoms with Gasteiger partial charge in [-0.25, -0.2) is 0 Å². The Morgan fingerprint density at radius 3 is 2.52 bits per heavy atom. The fourth-order valence-electron chi connectivity index (χ4n) is 4.92. The lowest BCUT2D eigenvalue weighted by Gasteiger charge is -2.45. The fraction of sp³-hybridized carbons (Fsp3) is 0.231. The molecular weight excluding hydrogens is 440 g/mol. The van der Waals surface area contributed by atoms with Crippen molar-refractivity contribution in [2.45, 2.75) is 18.4 Å². The summed E-state index contributed by atoms with van der Waals surface area (Å²) in [6.07, 6.45) is 0.669. The van der Waals surface area contributed by atoms with Gasteiger partial charge in [-0.15, -0.1) is 0 Å². The summed E-state index contributed by atoms with van der Waals surface area (Å²) < 4.78 is 11.0. The number of amides is 2. The molecular formula is C26H23ClN2O4. The summed E-state index contributed by atoms with van der Waals surface area (Å²) in [7, 11) is 3.18. The first kappa shape index (κ1) is 21.3. The van der Waals surface area contributed by atoms with Crippen molar-refractivity contribution in [1.82, 2.24) is 4.90 Å². The van der Waals surface area contributed by atoms with E-state index in [-0.39, 0.29) is 11.8 Å². The summed E-state index contributed by atoms with van der Waals surface area (Å²) in [5.74, 6) is 0.332. The van der Waals surface area contributed by atoms with E-state index < -0.39 is 12.0 Å². The number of benzene rings is 3. The summed E-state index contributed by atoms with van der Waals surface area (Å²) in [6, 6.07) is 17.8. The predicted octanol–water partition coefficient (Wildman–Crippen LogP) is 4.83. The first-order valence-electron chi connectivity index (χ1n) is 10.7. The highest BCUT2D eigenvalue weighted by Crippen LogP contribution is 2.48. The zero-order valence-corrected chi connectivity index (χ0v) is 19.1. The molecule has 0 radical (unpaired) electrons. The lowest BCUT2D eigenvalue weighted by atomic mass is 9.75. The maximum absolute atomic E-state index is 13.7. The number of fused-ring (bicyclic) bond motifs is 4. The zero-order valence-electron chi connectivity index (χ0n) is 18.3. The van der Waals surface area contributed by atoms with Crippen molar-refractivity contribution in [2.75, 3.05) is 26.1 Å². The molecule has 0 saturated heterocycles. The number of carbonyl (C=O) groups is 2. The van der Waals surface area contributed by atoms with Crippen LogP contribution >= 0.6 is 11.6 Å². The predicted molar refractivity (Wildman–Crippen MR) is 126 cm³/mol. The van der Waals surface area contributed by atoms with Gasteiger partial charge >= 0.3 is 0 Å². The molecule has 2 amide bonds. The number of halogens is 1. The largest absolute Gasteiger partial charge is 0.493 e. The van der Waals surface area contributed by atoms with Crippen LogP contribution in [0.15, 0.2) is 60.7 Å². The minimum absolute atomic E-state index is 0.0668. The van der Waals surface area contributed by atoms with E-state index >= 15 is 0 Å². The third kappa shape index (κ3) is 3.60. The number of rotatable bonds is 4. The number of hydrogen-bond acceptors (Lipinski definition) is 4. The molecule has 0 fully saturated rings. The molecule has 33 heavy (non-hydrogen) atoms. The van der Waals surface area contributed by atoms with E-state index in [0.717, 1.165) is 11.1 Å². The molecule has 2 atom stereocenters. The van der Waals surface area contributed by atoms with Crippen LogP contribution in [-0.4, -0.2) is 37.5 Å². The van der Waals surface area contributed by atoms with Gasteiger partial charge in [-0.1, -0.05) is 35.9 Å². The molecule has 3 aromatic carbocycles. The summed E-state index contributed by atoms with van der Waals surface area (Å²) in [5.41, 5.74) is 3.82. The highest BCUT2D eigenvalue weighted by molar-refractivity contribution is 6.30. The second-order valence-electron chi connectivity index (χ2n) is 8.16. The van der Waals surface area contributed by atoms with Crippen LogP contribution in [-0.2, 0) is 11.2 Å². The standard InChI is InChI=1S/C26H23ClN2O4/c1-32-21-12-15-10-11-29-24(20(15)14-22(21)33-2)23(18-8-3-4-9-19(18)26(29)31)25(30)28-17-7-5-6-16(27)13-17/h3-9,12-14,23-24H,10-11H2,1-2H3,(H,28,30)/t23-,24+/m1/s1. The second kappa shape index (κ2) is 8.45. The Kier molecular flexibility index (Phi) is 5.46. The van der Waals surface area contributed by atoms with Crippen molar-refractivity contribution in [2.24, 2.45) is 0 Å². The van der Waals surface area contributed by atoms with Crippen LogP contribution in [0, 0.1) is 0 Å². The van der Waals surface area contributed by atoms with Gasteiger partial charge in [0.25, 0.3) is 5.91 Å². The van der Waals surface area contributed by atoms with Crippen LogP contribution in [0.5, 0.6) is 11.5 Å². The second-order valence-corrected chi connectivity index (χ2v) is 8.60. The van der Waals surface area contributed by atoms with Crippen LogP contribution in [0.25, 0.3) is 0 Å². The first-order valence-corrected chi connectivity index (χ1v) is 11.1. The molecule has 0 saturated carbocycles. The molecule has 2 heterocycles. The van der Waals surface area contributed by atoms with Crippen molar-refractivity contribution >= 4 is 29.1 Å². The van der Waals surface area contributed by atoms with Crippen LogP contribution in [0.3, 0.4) is 0 Å². The van der Waals surface area contributed by atoms with E-state index in [1.165, 1.54) is 0 Å². The average Bonchev–Trinajstić information content (AvgIpc) is 2.83. The normalized spacial score (nSPS) is 18.6. The van der Waals surface area contributed by atoms with Crippen LogP contribution < -0.4 is 14.8 Å². The summed E-state index contributed by atoms with van der Waals surface area (Å²) in [6.45, 7) is 0.515. The lowest BCUT2D eigenvalue weighted by Crippen LogP contribution is -2.49. The SMILES string of the molecule is COc1cc2c(cc1OC)[C@H]1[C@H](C(=O)Nc3cccc(Cl)c3)c3ccccc3C(=O)N1CC2. The minimum atomic E-state index is -0.602. The zero-order chi connectivity index (χ0) is 23.1. The Bertz CT molecular complexity index is 1260. The van der Waals surface area contributed by atoms with Crippen molar-refractivity contribution in [3.8, 4) is 11.5 Å². The van der Waals surface area contributed by atoms with Gasteiger partial charge in [0.1, 0.15) is 0 Å². The monoisotopic (exact) mass is 462 g/mol. The smallest absolute Gasteiger partial charge is 0.254 e. The molecule has 0 unspecified atom stereocenters. The Hall–Kier alpha value is -3.51. The molecule has 2 aliphatic rings. The highest BCUT2D eigenvalue weighted by atomic mass is 35.5. The number of anilines is 1. The molecule has 1 N–H and O–H groups in total. The number of methoxy groups -OCH3 is 2. The van der Waals surface area contributed by atoms with Crippen molar-refractivity contribution < 1.29 is 19.1 Å². The van der Waals surface area contributed by atoms with Gasteiger partial charge in [0.05, 0.1) is 26.2 Å². The Balaban J connectivity index is 1.65. The third-order valence-corrected chi connectivity index (χ3v) is 6.63. The third-order valence-electron chi connectivity index (χ3n) is 6.40. The van der Waals surface area contributed by atoms with E-state index in [0.29, 0.717) is 46.3 Å². The van der Waals surface area contributed by atoms with Gasteiger partial charge in [-0.3, -0.25) is 9.59 Å². The molecule has 0 spiro atoms. The number of ether oxygens (including phenoxy) is 2. The molecule has 6 nitrogen and oxygen atoms in total. The lowest BCUT2D eigenvalue weighted by molar-refractivity contribution is -0.119. The number of hydrogen-bond donors (Lipinski definition) is 1. The molecule has 0 aliphatic carbocycles. The van der Waals surface area contributed by atoms with E-state index in [1.54, 1.807) is 49.5 Å². The van der Waals surface area contributed by atoms with E-state index in [1.807, 2.05) is 30.3 Å². The Morgan fingerprint density at radius 1 is 1.00 bits per heavy atom. The van der Waals surface area contributed by atoms with Crippen molar-refractivity contribution in [3.05, 3.63) is 87.9 Å². The molecule has 0 aromatic heterocycles. The van der Waals surface area contributed by atoms with Crippen molar-refractivity contribution in [1.29, 1.82) is 0 Å². The number of carbonyl (C=O) groups excluding carboxylic acids is 2. The average molecular weight is 463 g/mol. The molecule has 7 heteroatoms. The quantitative estimate of drug-likeness (QED) is 0.602. The molecule has 0 bridgehead atoms. The first-order chi connectivity index (χ1) is 16.0. The maximum Gasteiger partial charge on any atom is 0.254 e. The minimum Gasteiger partial charge on any atom is -0.493 e. The Labute approximate surface area is 197 Å². The maximum atomic E-state index is 13.7. The molecule has 5 rings (SSSR count). The van der Waals surface area contributed by atoms with E-state index in [4.69, 9.17) is 21.1 Å². The van der Waals surface area contributed by atoms with Gasteiger partial charge in [0.2, 0.25) is 5.91 Å². The van der Waals surface area contributed by atoms with Gasteiger partial charge in [0.15, 0.2) is 11.5 Å². The number of nitrogens with one attached hydrogen (secondary N) is 1. The van der Waals surface area contributed by atoms with Crippen LogP contribution in [0.2, 0.25) is 5.02 Å².